The number of pyridine rings is 1. The number of H-pyrrole nitrogens is 1. The molecule has 0 aliphatic rings. The molecule has 0 aliphatic carbocycles. The van der Waals surface area contributed by atoms with Crippen molar-refractivity contribution in [1.82, 2.24) is 19.4 Å². The minimum atomic E-state index is -0.685. The lowest BCUT2D eigenvalue weighted by atomic mass is 10.0. The number of nitrogens with zero attached hydrogens (tertiary/aromatic N) is 3. The number of hydrogen-bond acceptors (Lipinski definition) is 3. The lowest BCUT2D eigenvalue weighted by Crippen LogP contribution is -2.30. The second-order valence-corrected chi connectivity index (χ2v) is 5.93. The van der Waals surface area contributed by atoms with Gasteiger partial charge in [-0.05, 0) is 25.1 Å². The van der Waals surface area contributed by atoms with Crippen LogP contribution < -0.4 is 5.69 Å². The van der Waals surface area contributed by atoms with Crippen molar-refractivity contribution in [3.63, 3.8) is 0 Å². The van der Waals surface area contributed by atoms with Crippen LogP contribution in [0.15, 0.2) is 29.2 Å². The number of halogens is 2. The van der Waals surface area contributed by atoms with E-state index < -0.39 is 17.3 Å². The van der Waals surface area contributed by atoms with Gasteiger partial charge in [0, 0.05) is 37.0 Å². The smallest absolute Gasteiger partial charge is 0.328 e. The molecule has 3 rings (SSSR count). The predicted molar refractivity (Wildman–Crippen MR) is 89.1 cm³/mol. The number of fused-ring (bicyclic) bond motifs is 1. The number of amides is 1. The van der Waals surface area contributed by atoms with Gasteiger partial charge in [-0.3, -0.25) is 14.3 Å². The highest BCUT2D eigenvalue weighted by Crippen LogP contribution is 2.27. The Bertz CT molecular complexity index is 1040. The molecular weight excluding hydrogens is 330 g/mol. The Balaban J connectivity index is 2.16. The zero-order valence-electron chi connectivity index (χ0n) is 13.9. The van der Waals surface area contributed by atoms with Gasteiger partial charge in [0.25, 0.3) is 0 Å². The molecule has 2 heterocycles. The molecule has 2 aromatic heterocycles. The zero-order chi connectivity index (χ0) is 18.3. The fourth-order valence-electron chi connectivity index (χ4n) is 2.50. The molecule has 130 valence electrons. The van der Waals surface area contributed by atoms with Gasteiger partial charge in [0.1, 0.15) is 18.2 Å². The number of imidazole rings is 1. The number of rotatable bonds is 3. The van der Waals surface area contributed by atoms with Crippen LogP contribution in [0.5, 0.6) is 0 Å². The summed E-state index contributed by atoms with van der Waals surface area (Å²) in [4.78, 5) is 32.1. The summed E-state index contributed by atoms with van der Waals surface area (Å²) in [5.74, 6) is -1.59. The van der Waals surface area contributed by atoms with Crippen molar-refractivity contribution < 1.29 is 13.6 Å². The highest BCUT2D eigenvalue weighted by molar-refractivity contribution is 5.81. The molecule has 0 bridgehead atoms. The molecule has 0 saturated carbocycles. The molecule has 0 spiro atoms. The van der Waals surface area contributed by atoms with Gasteiger partial charge in [0.2, 0.25) is 5.91 Å². The van der Waals surface area contributed by atoms with E-state index >= 15 is 0 Å². The quantitative estimate of drug-likeness (QED) is 0.789. The summed E-state index contributed by atoms with van der Waals surface area (Å²) >= 11 is 0. The van der Waals surface area contributed by atoms with E-state index in [0.29, 0.717) is 16.7 Å². The molecule has 6 nitrogen and oxygen atoms in total. The molecule has 0 aliphatic heterocycles. The van der Waals surface area contributed by atoms with Crippen LogP contribution in [0.3, 0.4) is 0 Å². The zero-order valence-corrected chi connectivity index (χ0v) is 13.9. The van der Waals surface area contributed by atoms with Crippen LogP contribution in [0, 0.1) is 18.6 Å². The molecule has 0 saturated heterocycles. The van der Waals surface area contributed by atoms with Gasteiger partial charge in [0.15, 0.2) is 5.65 Å². The second kappa shape index (κ2) is 6.12. The molecule has 0 radical (unpaired) electrons. The molecule has 0 fully saturated rings. The van der Waals surface area contributed by atoms with Crippen LogP contribution in [-0.2, 0) is 11.3 Å². The maximum absolute atomic E-state index is 14.4. The monoisotopic (exact) mass is 346 g/mol. The lowest BCUT2D eigenvalue weighted by Gasteiger charge is -2.11. The number of aromatic nitrogens is 3. The van der Waals surface area contributed by atoms with Crippen LogP contribution in [0.25, 0.3) is 22.3 Å². The predicted octanol–water partition coefficient (Wildman–Crippen LogP) is 2.07. The third-order valence-electron chi connectivity index (χ3n) is 4.05. The summed E-state index contributed by atoms with van der Waals surface area (Å²) in [7, 11) is 3.17. The number of hydrogen-bond donors (Lipinski definition) is 1. The summed E-state index contributed by atoms with van der Waals surface area (Å²) in [6.07, 6.45) is 1.39. The molecule has 8 heteroatoms. The average Bonchev–Trinajstić information content (AvgIpc) is 2.88. The third-order valence-corrected chi connectivity index (χ3v) is 4.05. The minimum absolute atomic E-state index is 0.0909. The molecule has 1 amide bonds. The normalized spacial score (nSPS) is 11.1. The van der Waals surface area contributed by atoms with Crippen LogP contribution in [0.4, 0.5) is 8.78 Å². The lowest BCUT2D eigenvalue weighted by molar-refractivity contribution is -0.129. The number of carbonyl (C=O) groups is 1. The summed E-state index contributed by atoms with van der Waals surface area (Å²) in [5, 5.41) is 0. The molecular formula is C17H16F2N4O2. The van der Waals surface area contributed by atoms with Crippen LogP contribution in [0.2, 0.25) is 0 Å². The first-order chi connectivity index (χ1) is 11.8. The van der Waals surface area contributed by atoms with Crippen LogP contribution in [0.1, 0.15) is 5.56 Å². The van der Waals surface area contributed by atoms with Gasteiger partial charge in [-0.25, -0.2) is 18.6 Å². The molecule has 1 N–H and O–H groups in total. The third kappa shape index (κ3) is 2.90. The summed E-state index contributed by atoms with van der Waals surface area (Å²) in [5.41, 5.74) is 0.654. The Morgan fingerprint density at radius 1 is 1.32 bits per heavy atom. The van der Waals surface area contributed by atoms with E-state index in [4.69, 9.17) is 0 Å². The van der Waals surface area contributed by atoms with Gasteiger partial charge in [-0.1, -0.05) is 0 Å². The van der Waals surface area contributed by atoms with Crippen molar-refractivity contribution in [2.24, 2.45) is 0 Å². The van der Waals surface area contributed by atoms with Gasteiger partial charge >= 0.3 is 5.69 Å². The fourth-order valence-corrected chi connectivity index (χ4v) is 2.50. The van der Waals surface area contributed by atoms with Crippen molar-refractivity contribution in [2.75, 3.05) is 14.1 Å². The second-order valence-electron chi connectivity index (χ2n) is 5.93. The number of likely N-dealkylation sites (N-methyl/N-ethyl adjacent to an activating group) is 1. The highest BCUT2D eigenvalue weighted by atomic mass is 19.1. The highest BCUT2D eigenvalue weighted by Gasteiger charge is 2.16. The fraction of sp³-hybridized carbons (Fsp3) is 0.235. The Kier molecular flexibility index (Phi) is 4.12. The molecule has 0 unspecified atom stereocenters. The Morgan fingerprint density at radius 3 is 2.72 bits per heavy atom. The first-order valence-corrected chi connectivity index (χ1v) is 7.53. The van der Waals surface area contributed by atoms with E-state index in [1.165, 1.54) is 34.7 Å². The number of carbonyl (C=O) groups excluding carboxylic acids is 1. The number of aromatic amines is 1. The van der Waals surface area contributed by atoms with E-state index in [2.05, 4.69) is 9.97 Å². The first-order valence-electron chi connectivity index (χ1n) is 7.53. The van der Waals surface area contributed by atoms with Crippen LogP contribution >= 0.6 is 0 Å². The van der Waals surface area contributed by atoms with E-state index in [9.17, 15) is 18.4 Å². The standard InChI is InChI=1S/C17H16F2N4O2/c1-9-12(18)5-4-11(15(9)19)10-6-13-16(20-7-10)21-17(25)23(13)8-14(24)22(2)3/h4-7H,8H2,1-3H3,(H,20,21,25). The topological polar surface area (TPSA) is 71.0 Å². The van der Waals surface area contributed by atoms with Crippen LogP contribution in [-0.4, -0.2) is 39.4 Å². The van der Waals surface area contributed by atoms with E-state index in [0.717, 1.165) is 0 Å². The van der Waals surface area contributed by atoms with Gasteiger partial charge < -0.3 is 4.90 Å². The SMILES string of the molecule is Cc1c(F)ccc(-c2cnc3[nH]c(=O)n(CC(=O)N(C)C)c3c2)c1F. The first kappa shape index (κ1) is 16.8. The summed E-state index contributed by atoms with van der Waals surface area (Å²) < 4.78 is 29.1. The van der Waals surface area contributed by atoms with Crippen molar-refractivity contribution in [3.05, 3.63) is 52.1 Å². The van der Waals surface area contributed by atoms with Gasteiger partial charge in [0.05, 0.1) is 5.52 Å². The number of benzene rings is 1. The van der Waals surface area contributed by atoms with Crippen molar-refractivity contribution in [1.29, 1.82) is 0 Å². The average molecular weight is 346 g/mol. The maximum atomic E-state index is 14.4. The molecule has 1 aromatic carbocycles. The maximum Gasteiger partial charge on any atom is 0.328 e. The van der Waals surface area contributed by atoms with Gasteiger partial charge in [-0.15, -0.1) is 0 Å². The van der Waals surface area contributed by atoms with Crippen molar-refractivity contribution in [2.45, 2.75) is 13.5 Å². The Hall–Kier alpha value is -3.03. The van der Waals surface area contributed by atoms with Crippen molar-refractivity contribution >= 4 is 17.1 Å². The van der Waals surface area contributed by atoms with E-state index in [-0.39, 0.29) is 23.6 Å². The Labute approximate surface area is 141 Å². The largest absolute Gasteiger partial charge is 0.347 e. The van der Waals surface area contributed by atoms with Gasteiger partial charge in [-0.2, -0.15) is 0 Å². The van der Waals surface area contributed by atoms with E-state index in [1.807, 2.05) is 0 Å². The Morgan fingerprint density at radius 2 is 2.04 bits per heavy atom. The molecule has 25 heavy (non-hydrogen) atoms. The minimum Gasteiger partial charge on any atom is -0.347 e. The number of nitrogens with one attached hydrogen (secondary N) is 1. The summed E-state index contributed by atoms with van der Waals surface area (Å²) in [6, 6.07) is 4.05. The van der Waals surface area contributed by atoms with E-state index in [1.54, 1.807) is 20.2 Å². The molecule has 0 atom stereocenters. The summed E-state index contributed by atoms with van der Waals surface area (Å²) in [6.45, 7) is 1.18. The van der Waals surface area contributed by atoms with Crippen molar-refractivity contribution in [3.8, 4) is 11.1 Å². The molecule has 3 aromatic rings.